The lowest BCUT2D eigenvalue weighted by molar-refractivity contribution is 0.258. The van der Waals surface area contributed by atoms with Crippen LogP contribution >= 0.6 is 35.7 Å². The number of hydrogen-bond donors (Lipinski definition) is 2. The maximum atomic E-state index is 5.51. The second kappa shape index (κ2) is 10.4. The summed E-state index contributed by atoms with van der Waals surface area (Å²) < 4.78 is 5.69. The van der Waals surface area contributed by atoms with Crippen LogP contribution in [-0.4, -0.2) is 56.1 Å². The molecule has 0 saturated carbocycles. The summed E-state index contributed by atoms with van der Waals surface area (Å²) in [5, 5.41) is 6.73. The Morgan fingerprint density at radius 2 is 2.09 bits per heavy atom. The first-order chi connectivity index (χ1) is 9.89. The fourth-order valence-corrected chi connectivity index (χ4v) is 2.02. The number of guanidine groups is 1. The molecule has 5 nitrogen and oxygen atoms in total. The summed E-state index contributed by atoms with van der Waals surface area (Å²) >= 11 is 1.84. The molecule has 128 valence electrons. The van der Waals surface area contributed by atoms with Crippen molar-refractivity contribution in [1.82, 2.24) is 15.5 Å². The zero-order chi connectivity index (χ0) is 15.9. The molecule has 0 amide bonds. The highest BCUT2D eigenvalue weighted by atomic mass is 127. The second-order valence-corrected chi connectivity index (χ2v) is 7.28. The molecule has 0 aliphatic carbocycles. The first-order valence-electron chi connectivity index (χ1n) is 7.09. The zero-order valence-electron chi connectivity index (χ0n) is 14.3. The van der Waals surface area contributed by atoms with Gasteiger partial charge in [0.05, 0.1) is 12.3 Å². The van der Waals surface area contributed by atoms with Crippen LogP contribution in [0.15, 0.2) is 27.8 Å². The lowest BCUT2D eigenvalue weighted by Gasteiger charge is -2.26. The second-order valence-electron chi connectivity index (χ2n) is 5.77. The van der Waals surface area contributed by atoms with Crippen molar-refractivity contribution >= 4 is 41.7 Å². The predicted molar refractivity (Wildman–Crippen MR) is 108 cm³/mol. The largest absolute Gasteiger partial charge is 0.468 e. The van der Waals surface area contributed by atoms with Crippen LogP contribution in [0.25, 0.3) is 0 Å². The molecule has 1 atom stereocenters. The minimum atomic E-state index is 0. The van der Waals surface area contributed by atoms with Crippen LogP contribution in [-0.2, 0) is 0 Å². The predicted octanol–water partition coefficient (Wildman–Crippen LogP) is 2.81. The van der Waals surface area contributed by atoms with E-state index in [1.807, 2.05) is 38.0 Å². The Balaban J connectivity index is 0.00000441. The van der Waals surface area contributed by atoms with Gasteiger partial charge in [-0.25, -0.2) is 0 Å². The van der Waals surface area contributed by atoms with Gasteiger partial charge in [-0.3, -0.25) is 9.89 Å². The molecule has 0 saturated heterocycles. The molecule has 0 aliphatic rings. The number of thioether (sulfide) groups is 1. The number of halogens is 1. The van der Waals surface area contributed by atoms with Gasteiger partial charge in [0.15, 0.2) is 5.96 Å². The quantitative estimate of drug-likeness (QED) is 0.388. The van der Waals surface area contributed by atoms with E-state index in [4.69, 9.17) is 4.42 Å². The summed E-state index contributed by atoms with van der Waals surface area (Å²) in [7, 11) is 5.88. The molecular weight excluding hydrogens is 411 g/mol. The molecule has 1 rings (SSSR count). The molecule has 22 heavy (non-hydrogen) atoms. The van der Waals surface area contributed by atoms with Crippen LogP contribution < -0.4 is 10.6 Å². The normalized spacial score (nSPS) is 13.7. The Morgan fingerprint density at radius 3 is 2.55 bits per heavy atom. The van der Waals surface area contributed by atoms with Gasteiger partial charge in [0.25, 0.3) is 0 Å². The molecule has 0 fully saturated rings. The molecular formula is C15H29IN4OS. The van der Waals surface area contributed by atoms with Gasteiger partial charge < -0.3 is 15.1 Å². The van der Waals surface area contributed by atoms with E-state index in [9.17, 15) is 0 Å². The minimum absolute atomic E-state index is 0. The Morgan fingerprint density at radius 1 is 1.41 bits per heavy atom. The van der Waals surface area contributed by atoms with Crippen molar-refractivity contribution < 1.29 is 4.42 Å². The van der Waals surface area contributed by atoms with Crippen LogP contribution in [0, 0.1) is 0 Å². The number of rotatable bonds is 7. The molecule has 2 N–H and O–H groups in total. The maximum absolute atomic E-state index is 5.51. The van der Waals surface area contributed by atoms with Crippen molar-refractivity contribution in [2.75, 3.05) is 40.5 Å². The summed E-state index contributed by atoms with van der Waals surface area (Å²) in [6.07, 6.45) is 3.83. The Kier molecular flexibility index (Phi) is 10.2. The molecule has 0 aromatic carbocycles. The van der Waals surface area contributed by atoms with Crippen LogP contribution in [0.1, 0.15) is 25.6 Å². The fourth-order valence-electron chi connectivity index (χ4n) is 1.80. The van der Waals surface area contributed by atoms with Crippen molar-refractivity contribution in [2.24, 2.45) is 4.99 Å². The van der Waals surface area contributed by atoms with Crippen LogP contribution in [0.2, 0.25) is 0 Å². The number of aliphatic imine (C=N–C) groups is 1. The highest BCUT2D eigenvalue weighted by Crippen LogP contribution is 2.19. The van der Waals surface area contributed by atoms with E-state index in [0.717, 1.165) is 24.8 Å². The molecule has 1 aromatic rings. The molecule has 1 heterocycles. The number of nitrogens with zero attached hydrogens (tertiary/aromatic N) is 2. The molecule has 1 unspecified atom stereocenters. The number of furan rings is 1. The van der Waals surface area contributed by atoms with E-state index in [1.54, 1.807) is 13.3 Å². The average molecular weight is 440 g/mol. The minimum Gasteiger partial charge on any atom is -0.468 e. The smallest absolute Gasteiger partial charge is 0.191 e. The van der Waals surface area contributed by atoms with E-state index in [1.165, 1.54) is 0 Å². The fraction of sp³-hybridized carbons (Fsp3) is 0.667. The highest BCUT2D eigenvalue weighted by molar-refractivity contribution is 14.0. The van der Waals surface area contributed by atoms with Gasteiger partial charge in [0.1, 0.15) is 5.76 Å². The van der Waals surface area contributed by atoms with Gasteiger partial charge in [0, 0.05) is 24.9 Å². The Hall–Kier alpha value is -0.410. The molecule has 0 radical (unpaired) electrons. The highest BCUT2D eigenvalue weighted by Gasteiger charge is 2.19. The zero-order valence-corrected chi connectivity index (χ0v) is 17.5. The van der Waals surface area contributed by atoms with Gasteiger partial charge in [-0.15, -0.1) is 24.0 Å². The van der Waals surface area contributed by atoms with E-state index in [-0.39, 0.29) is 34.8 Å². The SMILES string of the molecule is CN=C(NCC(c1ccco1)N(C)C)NCC(C)(C)SC.I. The van der Waals surface area contributed by atoms with Crippen LogP contribution in [0.4, 0.5) is 0 Å². The van der Waals surface area contributed by atoms with Crippen molar-refractivity contribution in [3.05, 3.63) is 24.2 Å². The Bertz CT molecular complexity index is 435. The van der Waals surface area contributed by atoms with Gasteiger partial charge in [-0.05, 0) is 46.3 Å². The van der Waals surface area contributed by atoms with Gasteiger partial charge in [0.2, 0.25) is 0 Å². The van der Waals surface area contributed by atoms with Crippen molar-refractivity contribution in [3.8, 4) is 0 Å². The first kappa shape index (κ1) is 21.6. The van der Waals surface area contributed by atoms with Gasteiger partial charge in [-0.2, -0.15) is 11.8 Å². The summed E-state index contributed by atoms with van der Waals surface area (Å²) in [5.41, 5.74) is 0. The summed E-state index contributed by atoms with van der Waals surface area (Å²) in [6, 6.07) is 4.09. The molecule has 0 aliphatic heterocycles. The number of likely N-dealkylation sites (N-methyl/N-ethyl adjacent to an activating group) is 1. The summed E-state index contributed by atoms with van der Waals surface area (Å²) in [5.74, 6) is 1.77. The van der Waals surface area contributed by atoms with Crippen molar-refractivity contribution in [1.29, 1.82) is 0 Å². The first-order valence-corrected chi connectivity index (χ1v) is 8.31. The third-order valence-corrected chi connectivity index (χ3v) is 4.67. The number of hydrogen-bond acceptors (Lipinski definition) is 4. The average Bonchev–Trinajstić information content (AvgIpc) is 2.96. The number of nitrogens with one attached hydrogen (secondary N) is 2. The molecule has 0 spiro atoms. The van der Waals surface area contributed by atoms with Gasteiger partial charge in [-0.1, -0.05) is 0 Å². The standard InChI is InChI=1S/C15H28N4OS.HI/c1-15(2,21-6)11-18-14(16-3)17-10-12(19(4)5)13-8-7-9-20-13;/h7-9,12H,10-11H2,1-6H3,(H2,16,17,18);1H. The lowest BCUT2D eigenvalue weighted by Crippen LogP contribution is -2.45. The van der Waals surface area contributed by atoms with Crippen LogP contribution in [0.3, 0.4) is 0 Å². The van der Waals surface area contributed by atoms with E-state index in [0.29, 0.717) is 0 Å². The van der Waals surface area contributed by atoms with Crippen molar-refractivity contribution in [3.63, 3.8) is 0 Å². The van der Waals surface area contributed by atoms with E-state index < -0.39 is 0 Å². The summed E-state index contributed by atoms with van der Waals surface area (Å²) in [6.45, 7) is 6.02. The molecule has 1 aromatic heterocycles. The Labute approximate surface area is 155 Å². The van der Waals surface area contributed by atoms with Crippen molar-refractivity contribution in [2.45, 2.75) is 24.6 Å². The third-order valence-electron chi connectivity index (χ3n) is 3.42. The van der Waals surface area contributed by atoms with Crippen LogP contribution in [0.5, 0.6) is 0 Å². The van der Waals surface area contributed by atoms with E-state index in [2.05, 4.69) is 40.6 Å². The molecule has 7 heteroatoms. The monoisotopic (exact) mass is 440 g/mol. The maximum Gasteiger partial charge on any atom is 0.191 e. The molecule has 0 bridgehead atoms. The van der Waals surface area contributed by atoms with E-state index >= 15 is 0 Å². The summed E-state index contributed by atoms with van der Waals surface area (Å²) in [4.78, 5) is 6.40. The lowest BCUT2D eigenvalue weighted by atomic mass is 10.2. The topological polar surface area (TPSA) is 52.8 Å². The third kappa shape index (κ3) is 7.23. The van der Waals surface area contributed by atoms with Gasteiger partial charge >= 0.3 is 0 Å².